The number of anilines is 3. The largest absolute Gasteiger partial charge is 0.421 e. The molecule has 2 bridgehead atoms. The summed E-state index contributed by atoms with van der Waals surface area (Å²) in [5.41, 5.74) is 2.72. The van der Waals surface area contributed by atoms with Crippen LogP contribution >= 0.6 is 0 Å². The number of carbonyl (C=O) groups is 1. The number of carbonyl (C=O) groups excluding carboxylic acids is 1. The molecule has 2 aliphatic heterocycles. The molecule has 0 aliphatic carbocycles. The molecule has 1 N–H and O–H groups in total. The van der Waals surface area contributed by atoms with Gasteiger partial charge in [-0.1, -0.05) is 12.6 Å². The molecule has 2 atom stereocenters. The van der Waals surface area contributed by atoms with Crippen molar-refractivity contribution in [1.29, 1.82) is 0 Å². The molecule has 1 amide bonds. The second-order valence-electron chi connectivity index (χ2n) is 9.93. The Morgan fingerprint density at radius 1 is 1.15 bits per heavy atom. The molecular weight excluding hydrogens is 513 g/mol. The van der Waals surface area contributed by atoms with Gasteiger partial charge in [0, 0.05) is 62.1 Å². The van der Waals surface area contributed by atoms with Crippen molar-refractivity contribution in [2.45, 2.75) is 31.8 Å². The average Bonchev–Trinajstić information content (AvgIpc) is 3.47. The van der Waals surface area contributed by atoms with E-state index in [-0.39, 0.29) is 29.8 Å². The second-order valence-corrected chi connectivity index (χ2v) is 9.93. The van der Waals surface area contributed by atoms with Gasteiger partial charge in [-0.15, -0.1) is 0 Å². The first-order valence-corrected chi connectivity index (χ1v) is 13.0. The summed E-state index contributed by atoms with van der Waals surface area (Å²) in [5, 5.41) is 7.38. The molecule has 0 spiro atoms. The van der Waals surface area contributed by atoms with Gasteiger partial charge in [0.25, 0.3) is 0 Å². The number of hydrogen-bond donors (Lipinski definition) is 1. The maximum atomic E-state index is 15.3. The van der Waals surface area contributed by atoms with Gasteiger partial charge in [-0.2, -0.15) is 10.1 Å². The van der Waals surface area contributed by atoms with Gasteiger partial charge < -0.3 is 19.9 Å². The molecule has 0 saturated carbocycles. The van der Waals surface area contributed by atoms with E-state index in [9.17, 15) is 4.79 Å². The molecule has 2 unspecified atom stereocenters. The van der Waals surface area contributed by atoms with E-state index in [4.69, 9.17) is 9.72 Å². The van der Waals surface area contributed by atoms with Crippen molar-refractivity contribution in [3.05, 3.63) is 73.2 Å². The van der Waals surface area contributed by atoms with Gasteiger partial charge >= 0.3 is 6.01 Å². The Morgan fingerprint density at radius 2 is 1.95 bits per heavy atom. The minimum absolute atomic E-state index is 0.0151. The van der Waals surface area contributed by atoms with E-state index >= 15 is 4.39 Å². The normalized spacial score (nSPS) is 18.1. The molecule has 2 aliphatic rings. The number of ether oxygens (including phenoxy) is 1. The van der Waals surface area contributed by atoms with E-state index in [1.54, 1.807) is 41.5 Å². The van der Waals surface area contributed by atoms with Crippen molar-refractivity contribution in [3.8, 4) is 22.9 Å². The molecule has 2 fully saturated rings. The monoisotopic (exact) mass is 541 g/mol. The van der Waals surface area contributed by atoms with Crippen molar-refractivity contribution < 1.29 is 13.9 Å². The minimum atomic E-state index is -0.562. The van der Waals surface area contributed by atoms with Gasteiger partial charge in [-0.3, -0.25) is 9.48 Å². The fourth-order valence-corrected chi connectivity index (χ4v) is 5.36. The third kappa shape index (κ3) is 4.95. The van der Waals surface area contributed by atoms with Gasteiger partial charge in [0.05, 0.1) is 11.9 Å². The van der Waals surface area contributed by atoms with Crippen LogP contribution in [0.5, 0.6) is 11.8 Å². The first-order chi connectivity index (χ1) is 19.4. The zero-order valence-electron chi connectivity index (χ0n) is 22.2. The van der Waals surface area contributed by atoms with Crippen LogP contribution < -0.4 is 15.0 Å². The van der Waals surface area contributed by atoms with Crippen molar-refractivity contribution in [3.63, 3.8) is 0 Å². The van der Waals surface area contributed by atoms with E-state index in [2.05, 4.69) is 36.8 Å². The summed E-state index contributed by atoms with van der Waals surface area (Å²) >= 11 is 0. The Kier molecular flexibility index (Phi) is 6.58. The van der Waals surface area contributed by atoms with Gasteiger partial charge in [-0.25, -0.2) is 19.3 Å². The molecule has 11 nitrogen and oxygen atoms in total. The van der Waals surface area contributed by atoms with Crippen molar-refractivity contribution in [2.24, 2.45) is 7.05 Å². The Morgan fingerprint density at radius 3 is 2.62 bits per heavy atom. The third-order valence-corrected chi connectivity index (χ3v) is 7.16. The van der Waals surface area contributed by atoms with E-state index in [1.807, 2.05) is 25.1 Å². The fraction of sp³-hybridized carbons (Fsp3) is 0.286. The van der Waals surface area contributed by atoms with E-state index in [0.717, 1.165) is 18.5 Å². The molecule has 2 saturated heterocycles. The first kappa shape index (κ1) is 25.4. The molecule has 6 rings (SSSR count). The molecule has 5 heterocycles. The summed E-state index contributed by atoms with van der Waals surface area (Å²) in [4.78, 5) is 34.2. The quantitative estimate of drug-likeness (QED) is 0.347. The second kappa shape index (κ2) is 10.4. The molecule has 1 aromatic carbocycles. The van der Waals surface area contributed by atoms with Gasteiger partial charge in [0.15, 0.2) is 11.6 Å². The van der Waals surface area contributed by atoms with Crippen molar-refractivity contribution >= 4 is 23.4 Å². The number of aryl methyl sites for hydroxylation is 2. The predicted octanol–water partition coefficient (Wildman–Crippen LogP) is 4.02. The summed E-state index contributed by atoms with van der Waals surface area (Å²) in [6.07, 6.45) is 9.94. The van der Waals surface area contributed by atoms with Crippen molar-refractivity contribution in [1.82, 2.24) is 34.6 Å². The summed E-state index contributed by atoms with van der Waals surface area (Å²) in [6, 6.07) is 6.60. The average molecular weight is 542 g/mol. The third-order valence-electron chi connectivity index (χ3n) is 7.16. The lowest BCUT2D eigenvalue weighted by Crippen LogP contribution is -2.55. The van der Waals surface area contributed by atoms with Crippen LogP contribution in [0.25, 0.3) is 11.1 Å². The van der Waals surface area contributed by atoms with Gasteiger partial charge in [-0.05, 0) is 49.6 Å². The lowest BCUT2D eigenvalue weighted by atomic mass is 10.1. The Balaban J connectivity index is 1.34. The van der Waals surface area contributed by atoms with Crippen LogP contribution in [-0.2, 0) is 11.8 Å². The lowest BCUT2D eigenvalue weighted by molar-refractivity contribution is -0.129. The summed E-state index contributed by atoms with van der Waals surface area (Å²) in [6.45, 7) is 6.67. The molecule has 40 heavy (non-hydrogen) atoms. The first-order valence-electron chi connectivity index (χ1n) is 13.0. The van der Waals surface area contributed by atoms with Crippen LogP contribution in [0.15, 0.2) is 61.7 Å². The van der Waals surface area contributed by atoms with Crippen LogP contribution in [0.1, 0.15) is 18.5 Å². The Labute approximate surface area is 230 Å². The topological polar surface area (TPSA) is 114 Å². The standard InChI is InChI=1S/C28H28FN9O2/c1-4-25(39)38-20-6-7-21(38)16-37(15-20)26-22(13-31-27(35-26)34-19-12-32-36(3)14-19)18-5-8-24(23(29)11-18)40-28-30-10-9-17(2)33-28/h4-5,8-14,20-21H,1,6-7,15-16H2,2-3H3,(H,31,34,35). The number of nitrogens with zero attached hydrogens (tertiary/aromatic N) is 8. The Bertz CT molecular complexity index is 1580. The molecule has 12 heteroatoms. The smallest absolute Gasteiger partial charge is 0.322 e. The maximum Gasteiger partial charge on any atom is 0.322 e. The van der Waals surface area contributed by atoms with Crippen LogP contribution in [-0.4, -0.2) is 65.7 Å². The number of rotatable bonds is 7. The number of halogens is 1. The molecule has 0 radical (unpaired) electrons. The summed E-state index contributed by atoms with van der Waals surface area (Å²) in [7, 11) is 1.83. The van der Waals surface area contributed by atoms with Gasteiger partial charge in [0.1, 0.15) is 5.82 Å². The molecular formula is C28H28FN9O2. The number of fused-ring (bicyclic) bond motifs is 2. The van der Waals surface area contributed by atoms with Crippen LogP contribution in [0, 0.1) is 12.7 Å². The molecule has 3 aromatic heterocycles. The number of aromatic nitrogens is 6. The van der Waals surface area contributed by atoms with E-state index in [1.165, 1.54) is 12.1 Å². The number of nitrogens with one attached hydrogen (secondary N) is 1. The Hall–Kier alpha value is -4.87. The highest BCUT2D eigenvalue weighted by molar-refractivity contribution is 5.88. The van der Waals surface area contributed by atoms with E-state index < -0.39 is 5.82 Å². The van der Waals surface area contributed by atoms with Gasteiger partial charge in [0.2, 0.25) is 11.9 Å². The summed E-state index contributed by atoms with van der Waals surface area (Å²) in [5.74, 6) is 0.443. The highest BCUT2D eigenvalue weighted by atomic mass is 19.1. The van der Waals surface area contributed by atoms with Crippen LogP contribution in [0.3, 0.4) is 0 Å². The number of hydrogen-bond acceptors (Lipinski definition) is 9. The molecule has 204 valence electrons. The minimum Gasteiger partial charge on any atom is -0.421 e. The zero-order valence-corrected chi connectivity index (χ0v) is 22.2. The van der Waals surface area contributed by atoms with Crippen molar-refractivity contribution in [2.75, 3.05) is 23.3 Å². The number of benzene rings is 1. The van der Waals surface area contributed by atoms with E-state index in [0.29, 0.717) is 41.7 Å². The molecule has 4 aromatic rings. The number of amides is 1. The highest BCUT2D eigenvalue weighted by Gasteiger charge is 2.42. The highest BCUT2D eigenvalue weighted by Crippen LogP contribution is 2.38. The SMILES string of the molecule is C=CC(=O)N1C2CCC1CN(c1nc(Nc3cnn(C)c3)ncc1-c1ccc(Oc3nccc(C)n3)c(F)c1)C2. The zero-order chi connectivity index (χ0) is 27.8. The maximum absolute atomic E-state index is 15.3. The predicted molar refractivity (Wildman–Crippen MR) is 147 cm³/mol. The van der Waals surface area contributed by atoms with Crippen LogP contribution in [0.4, 0.5) is 21.8 Å². The fourth-order valence-electron chi connectivity index (χ4n) is 5.36. The number of piperazine rings is 1. The lowest BCUT2D eigenvalue weighted by Gasteiger charge is -2.41. The van der Waals surface area contributed by atoms with Crippen LogP contribution in [0.2, 0.25) is 0 Å². The summed E-state index contributed by atoms with van der Waals surface area (Å²) < 4.78 is 22.5.